The minimum absolute atomic E-state index is 0.0182. The van der Waals surface area contributed by atoms with Crippen LogP contribution in [0.5, 0.6) is 34.5 Å². The van der Waals surface area contributed by atoms with Crippen LogP contribution in [0, 0.1) is 0 Å². The molecule has 0 aliphatic rings. The molecule has 0 aliphatic heterocycles. The topological polar surface area (TPSA) is 55.4 Å². The van der Waals surface area contributed by atoms with Gasteiger partial charge in [0.2, 0.25) is 0 Å². The minimum atomic E-state index is -0.278. The van der Waals surface area contributed by atoms with Gasteiger partial charge < -0.3 is 28.0 Å². The number of ether oxygens (including phenoxy) is 4. The Morgan fingerprint density at radius 2 is 0.839 bits per heavy atom. The Hall–Kier alpha value is -4.50. The molecule has 0 spiro atoms. The molecular formula is C48H56O6P2. The second-order valence-corrected chi connectivity index (χ2v) is 18.3. The lowest BCUT2D eigenvalue weighted by atomic mass is 9.81. The summed E-state index contributed by atoms with van der Waals surface area (Å²) in [6.07, 6.45) is 1.56. The fourth-order valence-corrected chi connectivity index (χ4v) is 8.26. The van der Waals surface area contributed by atoms with Gasteiger partial charge in [0.15, 0.2) is 11.7 Å². The van der Waals surface area contributed by atoms with Gasteiger partial charge in [-0.1, -0.05) is 116 Å². The first-order chi connectivity index (χ1) is 26.8. The van der Waals surface area contributed by atoms with Gasteiger partial charge in [-0.05, 0) is 93.7 Å². The number of hydrogen-bond acceptors (Lipinski definition) is 6. The standard InChI is InChI=1S/C48H56O6P2/c1-11-43(51-35-23-21-31-17-13-15-19-33(31)25-35)55-53-45-39(27-37(49-9)29-41(45)47(3,4)5)40-28-38(50-10)30-42(48(6,7)8)46(40)54-56-44(12-2)52-36-24-22-32-18-14-16-20-34(32)26-36/h13-30,43-44,55-56H,11-12H2,1-10H3. The lowest BCUT2D eigenvalue weighted by Gasteiger charge is -2.30. The second-order valence-electron chi connectivity index (χ2n) is 16.1. The van der Waals surface area contributed by atoms with Crippen molar-refractivity contribution in [1.82, 2.24) is 0 Å². The van der Waals surface area contributed by atoms with Gasteiger partial charge in [-0.3, -0.25) is 0 Å². The molecule has 294 valence electrons. The Labute approximate surface area is 336 Å². The highest BCUT2D eigenvalue weighted by atomic mass is 31.1. The molecule has 0 bridgehead atoms. The van der Waals surface area contributed by atoms with Crippen LogP contribution in [0.2, 0.25) is 0 Å². The van der Waals surface area contributed by atoms with Crippen molar-refractivity contribution < 1.29 is 28.0 Å². The molecule has 6 aromatic rings. The smallest absolute Gasteiger partial charge is 0.150 e. The molecule has 0 saturated carbocycles. The van der Waals surface area contributed by atoms with Crippen molar-refractivity contribution in [3.8, 4) is 45.6 Å². The van der Waals surface area contributed by atoms with Crippen molar-refractivity contribution in [3.63, 3.8) is 0 Å². The molecule has 8 heteroatoms. The third-order valence-electron chi connectivity index (χ3n) is 9.83. The summed E-state index contributed by atoms with van der Waals surface area (Å²) in [4.78, 5) is 0. The fourth-order valence-electron chi connectivity index (χ4n) is 6.62. The maximum Gasteiger partial charge on any atom is 0.150 e. The SMILES string of the molecule is CCC(Oc1ccc2ccccc2c1)POc1c(-c2cc(OC)cc(C(C)(C)C)c2OPC(CC)Oc2ccc3ccccc3c2)cc(OC)cc1C(C)(C)C. The van der Waals surface area contributed by atoms with E-state index in [-0.39, 0.29) is 40.1 Å². The number of rotatable bonds is 15. The van der Waals surface area contributed by atoms with Gasteiger partial charge in [0.05, 0.1) is 14.2 Å². The summed E-state index contributed by atoms with van der Waals surface area (Å²) in [5.74, 6) is 4.35. The van der Waals surface area contributed by atoms with Crippen molar-refractivity contribution in [1.29, 1.82) is 0 Å². The van der Waals surface area contributed by atoms with Crippen LogP contribution >= 0.6 is 17.6 Å². The Morgan fingerprint density at radius 3 is 1.18 bits per heavy atom. The average molecular weight is 791 g/mol. The summed E-state index contributed by atoms with van der Waals surface area (Å²) in [7, 11) is 3.45. The van der Waals surface area contributed by atoms with E-state index < -0.39 is 0 Å². The Morgan fingerprint density at radius 1 is 0.464 bits per heavy atom. The Bertz CT molecular complexity index is 2110. The number of fused-ring (bicyclic) bond motifs is 2. The van der Waals surface area contributed by atoms with E-state index in [2.05, 4.69) is 152 Å². The molecule has 0 aliphatic carbocycles. The van der Waals surface area contributed by atoms with Gasteiger partial charge in [-0.2, -0.15) is 0 Å². The maximum absolute atomic E-state index is 7.00. The Kier molecular flexibility index (Phi) is 13.0. The third kappa shape index (κ3) is 9.71. The molecule has 6 aromatic carbocycles. The van der Waals surface area contributed by atoms with Gasteiger partial charge in [0.25, 0.3) is 0 Å². The molecule has 6 nitrogen and oxygen atoms in total. The van der Waals surface area contributed by atoms with Gasteiger partial charge in [-0.15, -0.1) is 0 Å². The van der Waals surface area contributed by atoms with Crippen molar-refractivity contribution in [2.45, 2.75) is 90.8 Å². The van der Waals surface area contributed by atoms with E-state index in [0.717, 1.165) is 80.4 Å². The van der Waals surface area contributed by atoms with E-state index >= 15 is 0 Å². The monoisotopic (exact) mass is 790 g/mol. The zero-order valence-electron chi connectivity index (χ0n) is 34.4. The van der Waals surface area contributed by atoms with Gasteiger partial charge in [0, 0.05) is 22.3 Å². The van der Waals surface area contributed by atoms with Gasteiger partial charge in [-0.25, -0.2) is 0 Å². The molecule has 0 N–H and O–H groups in total. The molecule has 0 saturated heterocycles. The van der Waals surface area contributed by atoms with Crippen LogP contribution in [-0.2, 0) is 10.8 Å². The number of methoxy groups -OCH3 is 2. The molecule has 0 radical (unpaired) electrons. The summed E-state index contributed by atoms with van der Waals surface area (Å²) < 4.78 is 39.1. The number of hydrogen-bond donors (Lipinski definition) is 0. The zero-order valence-corrected chi connectivity index (χ0v) is 36.4. The molecule has 4 atom stereocenters. The lowest BCUT2D eigenvalue weighted by molar-refractivity contribution is 0.272. The first kappa shape index (κ1) is 41.1. The zero-order chi connectivity index (χ0) is 40.0. The molecular weight excluding hydrogens is 734 g/mol. The van der Waals surface area contributed by atoms with Crippen molar-refractivity contribution in [2.75, 3.05) is 14.2 Å². The van der Waals surface area contributed by atoms with E-state index in [1.54, 1.807) is 14.2 Å². The van der Waals surface area contributed by atoms with Crippen LogP contribution in [-0.4, -0.2) is 25.9 Å². The summed E-state index contributed by atoms with van der Waals surface area (Å²) in [5, 5.41) is 4.65. The minimum Gasteiger partial charge on any atom is -0.497 e. The molecule has 4 unspecified atom stereocenters. The van der Waals surface area contributed by atoms with E-state index in [4.69, 9.17) is 28.0 Å². The van der Waals surface area contributed by atoms with Crippen LogP contribution in [0.3, 0.4) is 0 Å². The molecule has 6 rings (SSSR count). The number of benzene rings is 6. The highest BCUT2D eigenvalue weighted by molar-refractivity contribution is 7.33. The van der Waals surface area contributed by atoms with Crippen LogP contribution < -0.4 is 28.0 Å². The Balaban J connectivity index is 1.40. The first-order valence-electron chi connectivity index (χ1n) is 19.4. The molecule has 0 aromatic heterocycles. The third-order valence-corrected chi connectivity index (χ3v) is 12.0. The molecule has 56 heavy (non-hydrogen) atoms. The lowest BCUT2D eigenvalue weighted by Crippen LogP contribution is -2.16. The molecule has 0 heterocycles. The van der Waals surface area contributed by atoms with Crippen LogP contribution in [0.15, 0.2) is 109 Å². The van der Waals surface area contributed by atoms with Crippen LogP contribution in [0.25, 0.3) is 32.7 Å². The van der Waals surface area contributed by atoms with E-state index in [9.17, 15) is 0 Å². The normalized spacial score (nSPS) is 13.4. The van der Waals surface area contributed by atoms with E-state index in [0.29, 0.717) is 0 Å². The van der Waals surface area contributed by atoms with Gasteiger partial charge >= 0.3 is 0 Å². The highest BCUT2D eigenvalue weighted by Crippen LogP contribution is 2.52. The maximum atomic E-state index is 7.00. The predicted molar refractivity (Wildman–Crippen MR) is 238 cm³/mol. The molecule has 0 amide bonds. The van der Waals surface area contributed by atoms with Crippen molar-refractivity contribution >= 4 is 39.2 Å². The van der Waals surface area contributed by atoms with Crippen LogP contribution in [0.4, 0.5) is 0 Å². The van der Waals surface area contributed by atoms with E-state index in [1.807, 2.05) is 12.1 Å². The highest BCUT2D eigenvalue weighted by Gasteiger charge is 2.30. The molecule has 0 fully saturated rings. The summed E-state index contributed by atoms with van der Waals surface area (Å²) in [6, 6.07) is 37.4. The summed E-state index contributed by atoms with van der Waals surface area (Å²) >= 11 is 0. The second kappa shape index (κ2) is 17.7. The average Bonchev–Trinajstić information content (AvgIpc) is 3.19. The first-order valence-corrected chi connectivity index (χ1v) is 21.4. The predicted octanol–water partition coefficient (Wildman–Crippen LogP) is 13.8. The van der Waals surface area contributed by atoms with E-state index in [1.165, 1.54) is 10.8 Å². The quantitative estimate of drug-likeness (QED) is 0.0966. The van der Waals surface area contributed by atoms with Crippen LogP contribution in [0.1, 0.15) is 79.4 Å². The van der Waals surface area contributed by atoms with Gasteiger partial charge in [0.1, 0.15) is 52.1 Å². The largest absolute Gasteiger partial charge is 0.497 e. The fraction of sp³-hybridized carbons (Fsp3) is 0.333. The summed E-state index contributed by atoms with van der Waals surface area (Å²) in [5.41, 5.74) is 3.24. The summed E-state index contributed by atoms with van der Waals surface area (Å²) in [6.45, 7) is 17.5. The van der Waals surface area contributed by atoms with Crippen molar-refractivity contribution in [2.24, 2.45) is 0 Å². The van der Waals surface area contributed by atoms with Crippen molar-refractivity contribution in [3.05, 3.63) is 120 Å².